The van der Waals surface area contributed by atoms with E-state index in [4.69, 9.17) is 5.73 Å². The van der Waals surface area contributed by atoms with Crippen molar-refractivity contribution in [1.29, 1.82) is 0 Å². The molecule has 102 valence electrons. The Bertz CT molecular complexity index is 461. The van der Waals surface area contributed by atoms with Gasteiger partial charge in [0, 0.05) is 0 Å². The van der Waals surface area contributed by atoms with Gasteiger partial charge in [0.2, 0.25) is 0 Å². The number of aryl methyl sites for hydroxylation is 1. The molecule has 2 aliphatic carbocycles. The van der Waals surface area contributed by atoms with Crippen LogP contribution in [0.2, 0.25) is 0 Å². The standard InChI is InChI=1S/C18H25N/c19-13-5-10-18-16-8-3-1-6-14(16)11-12-15-7-2-4-9-17(15)18/h1,3,6-8,17-18H,2,4-5,9-13,19H2. The number of rotatable bonds is 3. The molecule has 2 aliphatic rings. The van der Waals surface area contributed by atoms with Gasteiger partial charge in [0.15, 0.2) is 0 Å². The first-order valence-electron chi connectivity index (χ1n) is 7.87. The molecule has 0 saturated carbocycles. The molecule has 19 heavy (non-hydrogen) atoms. The minimum atomic E-state index is 0.716. The van der Waals surface area contributed by atoms with Gasteiger partial charge in [-0.3, -0.25) is 0 Å². The number of hydrogen-bond donors (Lipinski definition) is 1. The van der Waals surface area contributed by atoms with Crippen molar-refractivity contribution >= 4 is 0 Å². The zero-order chi connectivity index (χ0) is 13.1. The lowest BCUT2D eigenvalue weighted by atomic mass is 9.74. The summed E-state index contributed by atoms with van der Waals surface area (Å²) in [6.07, 6.45) is 11.5. The SMILES string of the molecule is NCCCC1c2ccccc2CCC2=CCCCC21. The molecule has 0 aromatic heterocycles. The Morgan fingerprint density at radius 3 is 2.95 bits per heavy atom. The number of benzene rings is 1. The van der Waals surface area contributed by atoms with Crippen LogP contribution in [0.15, 0.2) is 35.9 Å². The van der Waals surface area contributed by atoms with Crippen molar-refractivity contribution in [2.75, 3.05) is 6.54 Å². The molecule has 0 radical (unpaired) electrons. The summed E-state index contributed by atoms with van der Waals surface area (Å²) >= 11 is 0. The summed E-state index contributed by atoms with van der Waals surface area (Å²) in [5.41, 5.74) is 10.7. The molecule has 1 aromatic carbocycles. The first-order chi connectivity index (χ1) is 9.40. The summed E-state index contributed by atoms with van der Waals surface area (Å²) in [4.78, 5) is 0. The minimum Gasteiger partial charge on any atom is -0.330 e. The zero-order valence-corrected chi connectivity index (χ0v) is 11.8. The first kappa shape index (κ1) is 12.9. The van der Waals surface area contributed by atoms with Gasteiger partial charge in [-0.15, -0.1) is 0 Å². The number of nitrogens with two attached hydrogens (primary N) is 1. The summed E-state index contributed by atoms with van der Waals surface area (Å²) in [5.74, 6) is 1.51. The quantitative estimate of drug-likeness (QED) is 0.806. The molecule has 0 spiro atoms. The van der Waals surface area contributed by atoms with Crippen molar-refractivity contribution < 1.29 is 0 Å². The normalized spacial score (nSPS) is 26.1. The van der Waals surface area contributed by atoms with Crippen LogP contribution < -0.4 is 5.73 Å². The van der Waals surface area contributed by atoms with Crippen LogP contribution in [0.3, 0.4) is 0 Å². The van der Waals surface area contributed by atoms with Crippen LogP contribution in [0.25, 0.3) is 0 Å². The van der Waals surface area contributed by atoms with E-state index in [0.717, 1.165) is 18.9 Å². The van der Waals surface area contributed by atoms with Gasteiger partial charge >= 0.3 is 0 Å². The predicted octanol–water partition coefficient (Wildman–Crippen LogP) is 4.18. The van der Waals surface area contributed by atoms with Gasteiger partial charge in [0.1, 0.15) is 0 Å². The van der Waals surface area contributed by atoms with Crippen molar-refractivity contribution in [2.24, 2.45) is 11.7 Å². The van der Waals surface area contributed by atoms with Gasteiger partial charge in [-0.05, 0) is 74.5 Å². The topological polar surface area (TPSA) is 26.0 Å². The van der Waals surface area contributed by atoms with Crippen LogP contribution in [0.1, 0.15) is 55.6 Å². The molecule has 1 heteroatoms. The molecule has 2 atom stereocenters. The second-order valence-electron chi connectivity index (χ2n) is 6.05. The Kier molecular flexibility index (Phi) is 4.03. The zero-order valence-electron chi connectivity index (χ0n) is 11.8. The molecule has 1 nitrogen and oxygen atoms in total. The van der Waals surface area contributed by atoms with Gasteiger partial charge < -0.3 is 5.73 Å². The Labute approximate surface area is 116 Å². The third kappa shape index (κ3) is 2.62. The van der Waals surface area contributed by atoms with Crippen molar-refractivity contribution in [3.8, 4) is 0 Å². The molecule has 2 N–H and O–H groups in total. The maximum absolute atomic E-state index is 5.76. The van der Waals surface area contributed by atoms with Gasteiger partial charge in [0.25, 0.3) is 0 Å². The van der Waals surface area contributed by atoms with Crippen molar-refractivity contribution in [2.45, 2.75) is 50.9 Å². The Morgan fingerprint density at radius 1 is 1.16 bits per heavy atom. The average molecular weight is 255 g/mol. The maximum Gasteiger partial charge on any atom is -0.00771 e. The van der Waals surface area contributed by atoms with Gasteiger partial charge in [-0.2, -0.15) is 0 Å². The maximum atomic E-state index is 5.76. The Hall–Kier alpha value is -1.08. The van der Waals surface area contributed by atoms with Crippen LogP contribution in [0, 0.1) is 5.92 Å². The fourth-order valence-electron chi connectivity index (χ4n) is 4.02. The molecule has 0 saturated heterocycles. The lowest BCUT2D eigenvalue weighted by Gasteiger charge is -2.31. The highest BCUT2D eigenvalue weighted by Gasteiger charge is 2.31. The minimum absolute atomic E-state index is 0.716. The monoisotopic (exact) mass is 255 g/mol. The fourth-order valence-corrected chi connectivity index (χ4v) is 4.02. The van der Waals surface area contributed by atoms with Crippen LogP contribution in [-0.2, 0) is 6.42 Å². The molecular weight excluding hydrogens is 230 g/mol. The van der Waals surface area contributed by atoms with E-state index in [0.29, 0.717) is 5.92 Å². The average Bonchev–Trinajstić information content (AvgIpc) is 2.62. The first-order valence-corrected chi connectivity index (χ1v) is 7.87. The summed E-state index contributed by atoms with van der Waals surface area (Å²) in [6.45, 7) is 0.824. The van der Waals surface area contributed by atoms with Crippen molar-refractivity contribution in [1.82, 2.24) is 0 Å². The van der Waals surface area contributed by atoms with Gasteiger partial charge in [-0.1, -0.05) is 35.9 Å². The predicted molar refractivity (Wildman–Crippen MR) is 81.2 cm³/mol. The second kappa shape index (κ2) is 5.92. The number of allylic oxidation sites excluding steroid dienone is 2. The highest BCUT2D eigenvalue weighted by molar-refractivity contribution is 5.36. The van der Waals surface area contributed by atoms with Gasteiger partial charge in [-0.25, -0.2) is 0 Å². The lowest BCUT2D eigenvalue weighted by Crippen LogP contribution is -2.18. The van der Waals surface area contributed by atoms with E-state index in [-0.39, 0.29) is 0 Å². The summed E-state index contributed by atoms with van der Waals surface area (Å²) in [7, 11) is 0. The summed E-state index contributed by atoms with van der Waals surface area (Å²) in [6, 6.07) is 9.12. The molecule has 3 rings (SSSR count). The van der Waals surface area contributed by atoms with E-state index in [1.165, 1.54) is 38.5 Å². The van der Waals surface area contributed by atoms with Crippen molar-refractivity contribution in [3.63, 3.8) is 0 Å². The van der Waals surface area contributed by atoms with Crippen LogP contribution in [0.4, 0.5) is 0 Å². The highest BCUT2D eigenvalue weighted by Crippen LogP contribution is 2.44. The summed E-state index contributed by atoms with van der Waals surface area (Å²) < 4.78 is 0. The lowest BCUT2D eigenvalue weighted by molar-refractivity contribution is 0.396. The molecule has 0 heterocycles. The molecule has 0 bridgehead atoms. The molecular formula is C18H25N. The van der Waals surface area contributed by atoms with Crippen LogP contribution in [-0.4, -0.2) is 6.54 Å². The van der Waals surface area contributed by atoms with E-state index in [2.05, 4.69) is 30.3 Å². The van der Waals surface area contributed by atoms with Crippen LogP contribution in [0.5, 0.6) is 0 Å². The van der Waals surface area contributed by atoms with Gasteiger partial charge in [0.05, 0.1) is 0 Å². The Morgan fingerprint density at radius 2 is 2.05 bits per heavy atom. The van der Waals surface area contributed by atoms with E-state index in [1.807, 2.05) is 0 Å². The van der Waals surface area contributed by atoms with E-state index in [1.54, 1.807) is 16.7 Å². The largest absolute Gasteiger partial charge is 0.330 e. The van der Waals surface area contributed by atoms with E-state index < -0.39 is 0 Å². The molecule has 1 aromatic rings. The fraction of sp³-hybridized carbons (Fsp3) is 0.556. The summed E-state index contributed by atoms with van der Waals surface area (Å²) in [5, 5.41) is 0. The van der Waals surface area contributed by atoms with E-state index >= 15 is 0 Å². The third-order valence-electron chi connectivity index (χ3n) is 4.94. The highest BCUT2D eigenvalue weighted by atomic mass is 14.5. The van der Waals surface area contributed by atoms with Crippen molar-refractivity contribution in [3.05, 3.63) is 47.0 Å². The molecule has 0 aliphatic heterocycles. The molecule has 2 unspecified atom stereocenters. The number of hydrogen-bond acceptors (Lipinski definition) is 1. The third-order valence-corrected chi connectivity index (χ3v) is 4.94. The Balaban J connectivity index is 1.97. The van der Waals surface area contributed by atoms with E-state index in [9.17, 15) is 0 Å². The van der Waals surface area contributed by atoms with Crippen LogP contribution >= 0.6 is 0 Å². The number of fused-ring (bicyclic) bond motifs is 2. The molecule has 0 fully saturated rings. The smallest absolute Gasteiger partial charge is 0.00771 e. The molecule has 0 amide bonds. The second-order valence-corrected chi connectivity index (χ2v) is 6.05.